The van der Waals surface area contributed by atoms with E-state index < -0.39 is 10.8 Å². The number of fused-ring (bicyclic) bond motifs is 1. The maximum atomic E-state index is 11.4. The third-order valence-electron chi connectivity index (χ3n) is 3.84. The van der Waals surface area contributed by atoms with Crippen molar-refractivity contribution in [2.24, 2.45) is 0 Å². The molecule has 3 rings (SSSR count). The van der Waals surface area contributed by atoms with Gasteiger partial charge in [0.25, 0.3) is 0 Å². The number of ether oxygens (including phenoxy) is 2. The molecule has 116 valence electrons. The highest BCUT2D eigenvalue weighted by Crippen LogP contribution is 2.38. The predicted octanol–water partition coefficient (Wildman–Crippen LogP) is 2.50. The van der Waals surface area contributed by atoms with Crippen molar-refractivity contribution >= 4 is 22.4 Å². The van der Waals surface area contributed by atoms with Crippen LogP contribution in [0.4, 0.5) is 0 Å². The van der Waals surface area contributed by atoms with Crippen molar-refractivity contribution in [1.82, 2.24) is 5.32 Å². The molecule has 4 nitrogen and oxygen atoms in total. The van der Waals surface area contributed by atoms with Crippen molar-refractivity contribution in [2.75, 3.05) is 24.7 Å². The molecule has 1 aromatic carbocycles. The molecule has 1 aromatic rings. The minimum atomic E-state index is -0.614. The summed E-state index contributed by atoms with van der Waals surface area (Å²) in [6.07, 6.45) is 2.83. The maximum Gasteiger partial charge on any atom is 0.179 e. The van der Waals surface area contributed by atoms with Gasteiger partial charge in [0.15, 0.2) is 11.5 Å². The number of nitrogens with one attached hydrogen (secondary N) is 1. The van der Waals surface area contributed by atoms with Gasteiger partial charge in [0.1, 0.15) is 0 Å². The molecule has 0 saturated carbocycles. The van der Waals surface area contributed by atoms with Crippen LogP contribution in [0.1, 0.15) is 24.8 Å². The lowest BCUT2D eigenvalue weighted by Crippen LogP contribution is -2.35. The zero-order valence-electron chi connectivity index (χ0n) is 11.9. The van der Waals surface area contributed by atoms with E-state index in [0.29, 0.717) is 30.0 Å². The molecule has 6 heteroatoms. The van der Waals surface area contributed by atoms with Crippen LogP contribution in [0, 0.1) is 0 Å². The lowest BCUT2D eigenvalue weighted by molar-refractivity contribution is 0.297. The molecule has 0 amide bonds. The van der Waals surface area contributed by atoms with Gasteiger partial charge >= 0.3 is 0 Å². The Labute approximate surface area is 132 Å². The highest BCUT2D eigenvalue weighted by molar-refractivity contribution is 7.85. The standard InChI is InChI=1S/C15H20ClNO3S/c16-13-8-11(9-14-15(13)20-5-1-4-19-14)10-17-12-2-6-21(18)7-3-12/h8-9,12,17H,1-7,10H2. The fourth-order valence-corrected chi connectivity index (χ4v) is 4.23. The van der Waals surface area contributed by atoms with Gasteiger partial charge in [-0.05, 0) is 30.5 Å². The molecule has 0 radical (unpaired) electrons. The Kier molecular flexibility index (Phi) is 5.03. The minimum Gasteiger partial charge on any atom is -0.489 e. The highest BCUT2D eigenvalue weighted by atomic mass is 35.5. The van der Waals surface area contributed by atoms with Gasteiger partial charge in [-0.25, -0.2) is 0 Å². The molecule has 2 heterocycles. The van der Waals surface area contributed by atoms with Crippen molar-refractivity contribution in [2.45, 2.75) is 31.8 Å². The van der Waals surface area contributed by atoms with E-state index in [1.807, 2.05) is 12.1 Å². The van der Waals surface area contributed by atoms with Gasteiger partial charge in [-0.1, -0.05) is 11.6 Å². The lowest BCUT2D eigenvalue weighted by atomic mass is 10.1. The van der Waals surface area contributed by atoms with Crippen LogP contribution >= 0.6 is 11.6 Å². The molecule has 0 spiro atoms. The van der Waals surface area contributed by atoms with E-state index in [1.54, 1.807) is 0 Å². The first-order chi connectivity index (χ1) is 10.2. The van der Waals surface area contributed by atoms with Gasteiger partial charge in [-0.2, -0.15) is 0 Å². The fourth-order valence-electron chi connectivity index (χ4n) is 2.65. The van der Waals surface area contributed by atoms with Crippen molar-refractivity contribution in [3.63, 3.8) is 0 Å². The molecule has 0 aliphatic carbocycles. The summed E-state index contributed by atoms with van der Waals surface area (Å²) in [4.78, 5) is 0. The van der Waals surface area contributed by atoms with Crippen LogP contribution in [0.25, 0.3) is 0 Å². The molecule has 0 bridgehead atoms. The lowest BCUT2D eigenvalue weighted by Gasteiger charge is -2.23. The highest BCUT2D eigenvalue weighted by Gasteiger charge is 2.19. The van der Waals surface area contributed by atoms with E-state index in [2.05, 4.69) is 5.32 Å². The Morgan fingerprint density at radius 3 is 2.81 bits per heavy atom. The number of hydrogen-bond donors (Lipinski definition) is 1. The molecule has 2 aliphatic heterocycles. The largest absolute Gasteiger partial charge is 0.489 e. The topological polar surface area (TPSA) is 47.6 Å². The smallest absolute Gasteiger partial charge is 0.179 e. The summed E-state index contributed by atoms with van der Waals surface area (Å²) in [5, 5.41) is 4.13. The monoisotopic (exact) mass is 329 g/mol. The summed E-state index contributed by atoms with van der Waals surface area (Å²) in [6, 6.07) is 4.38. The summed E-state index contributed by atoms with van der Waals surface area (Å²) >= 11 is 6.29. The van der Waals surface area contributed by atoms with Crippen molar-refractivity contribution in [3.05, 3.63) is 22.7 Å². The first kappa shape index (κ1) is 15.1. The van der Waals surface area contributed by atoms with Crippen molar-refractivity contribution in [3.8, 4) is 11.5 Å². The maximum absolute atomic E-state index is 11.4. The molecular formula is C15H20ClNO3S. The second-order valence-corrected chi connectivity index (χ2v) is 7.56. The van der Waals surface area contributed by atoms with E-state index in [1.165, 1.54) is 0 Å². The van der Waals surface area contributed by atoms with Crippen LogP contribution in [0.3, 0.4) is 0 Å². The first-order valence-electron chi connectivity index (χ1n) is 7.39. The van der Waals surface area contributed by atoms with Crippen LogP contribution in [0.2, 0.25) is 5.02 Å². The molecular weight excluding hydrogens is 310 g/mol. The van der Waals surface area contributed by atoms with Crippen LogP contribution in [-0.2, 0) is 17.3 Å². The van der Waals surface area contributed by atoms with Crippen molar-refractivity contribution in [1.29, 1.82) is 0 Å². The SMILES string of the molecule is O=S1CCC(NCc2cc(Cl)c3c(c2)OCCCO3)CC1. The Morgan fingerprint density at radius 1 is 1.24 bits per heavy atom. The van der Waals surface area contributed by atoms with Gasteiger partial charge in [-0.3, -0.25) is 4.21 Å². The molecule has 21 heavy (non-hydrogen) atoms. The van der Waals surface area contributed by atoms with E-state index in [4.69, 9.17) is 21.1 Å². The third kappa shape index (κ3) is 3.90. The Balaban J connectivity index is 1.64. The molecule has 1 N–H and O–H groups in total. The number of benzene rings is 1. The van der Waals surface area contributed by atoms with Gasteiger partial charge in [0.2, 0.25) is 0 Å². The van der Waals surface area contributed by atoms with Gasteiger partial charge in [0.05, 0.1) is 18.2 Å². The number of halogens is 1. The molecule has 0 unspecified atom stereocenters. The average Bonchev–Trinajstić information content (AvgIpc) is 2.72. The molecule has 0 aromatic heterocycles. The van der Waals surface area contributed by atoms with E-state index in [9.17, 15) is 4.21 Å². The summed E-state index contributed by atoms with van der Waals surface area (Å²) in [5.41, 5.74) is 1.09. The summed E-state index contributed by atoms with van der Waals surface area (Å²) < 4.78 is 22.7. The van der Waals surface area contributed by atoms with E-state index in [-0.39, 0.29) is 0 Å². The quantitative estimate of drug-likeness (QED) is 0.925. The fraction of sp³-hybridized carbons (Fsp3) is 0.600. The summed E-state index contributed by atoms with van der Waals surface area (Å²) in [7, 11) is -0.614. The second kappa shape index (κ2) is 6.99. The Morgan fingerprint density at radius 2 is 2.00 bits per heavy atom. The zero-order valence-corrected chi connectivity index (χ0v) is 13.5. The predicted molar refractivity (Wildman–Crippen MR) is 84.8 cm³/mol. The van der Waals surface area contributed by atoms with Crippen LogP contribution in [0.5, 0.6) is 11.5 Å². The third-order valence-corrected chi connectivity index (χ3v) is 5.51. The first-order valence-corrected chi connectivity index (χ1v) is 9.25. The Bertz CT molecular complexity index is 528. The summed E-state index contributed by atoms with van der Waals surface area (Å²) in [6.45, 7) is 2.05. The van der Waals surface area contributed by atoms with E-state index >= 15 is 0 Å². The second-order valence-electron chi connectivity index (χ2n) is 5.46. The molecule has 1 fully saturated rings. The molecule has 1 saturated heterocycles. The van der Waals surface area contributed by atoms with Gasteiger partial charge < -0.3 is 14.8 Å². The van der Waals surface area contributed by atoms with Crippen LogP contribution < -0.4 is 14.8 Å². The number of rotatable bonds is 3. The minimum absolute atomic E-state index is 0.442. The Hall–Kier alpha value is -0.780. The summed E-state index contributed by atoms with van der Waals surface area (Å²) in [5.74, 6) is 3.01. The number of hydrogen-bond acceptors (Lipinski definition) is 4. The molecule has 2 aliphatic rings. The van der Waals surface area contributed by atoms with Gasteiger partial charge in [0, 0.05) is 41.3 Å². The van der Waals surface area contributed by atoms with Crippen LogP contribution in [0.15, 0.2) is 12.1 Å². The normalized spacial score (nSPS) is 25.4. The molecule has 0 atom stereocenters. The zero-order chi connectivity index (χ0) is 14.7. The van der Waals surface area contributed by atoms with Crippen LogP contribution in [-0.4, -0.2) is 35.0 Å². The average molecular weight is 330 g/mol. The van der Waals surface area contributed by atoms with Gasteiger partial charge in [-0.15, -0.1) is 0 Å². The van der Waals surface area contributed by atoms with E-state index in [0.717, 1.165) is 48.6 Å². The van der Waals surface area contributed by atoms with Crippen molar-refractivity contribution < 1.29 is 13.7 Å².